The second-order valence-electron chi connectivity index (χ2n) is 5.41. The number of carbonyl (C=O) groups is 1. The number of rotatable bonds is 5. The Hall–Kier alpha value is -3.10. The van der Waals surface area contributed by atoms with Gasteiger partial charge in [0.05, 0.1) is 0 Å². The predicted molar refractivity (Wildman–Crippen MR) is 100.0 cm³/mol. The number of thiazole rings is 1. The summed E-state index contributed by atoms with van der Waals surface area (Å²) in [7, 11) is 0. The van der Waals surface area contributed by atoms with E-state index >= 15 is 0 Å². The predicted octanol–water partition coefficient (Wildman–Crippen LogP) is 4.26. The van der Waals surface area contributed by atoms with E-state index < -0.39 is 0 Å². The van der Waals surface area contributed by atoms with Crippen LogP contribution in [0.4, 0.5) is 5.69 Å². The van der Waals surface area contributed by atoms with Crippen LogP contribution in [0.5, 0.6) is 5.75 Å². The Morgan fingerprint density at radius 1 is 1.28 bits per heavy atom. The zero-order valence-electron chi connectivity index (χ0n) is 13.7. The number of benzene rings is 2. The van der Waals surface area contributed by atoms with E-state index in [1.54, 1.807) is 29.6 Å². The van der Waals surface area contributed by atoms with E-state index in [1.165, 1.54) is 16.9 Å². The van der Waals surface area contributed by atoms with Gasteiger partial charge in [-0.1, -0.05) is 29.7 Å². The van der Waals surface area contributed by atoms with Gasteiger partial charge in [0.25, 0.3) is 5.91 Å². The van der Waals surface area contributed by atoms with Crippen LogP contribution in [0, 0.1) is 19.3 Å². The van der Waals surface area contributed by atoms with E-state index in [2.05, 4.69) is 16.2 Å². The van der Waals surface area contributed by atoms with Crippen molar-refractivity contribution < 1.29 is 9.53 Å². The summed E-state index contributed by atoms with van der Waals surface area (Å²) in [6, 6.07) is 14.9. The van der Waals surface area contributed by atoms with Crippen molar-refractivity contribution in [2.45, 2.75) is 13.5 Å². The van der Waals surface area contributed by atoms with Gasteiger partial charge in [0.1, 0.15) is 23.1 Å². The number of aryl methyl sites for hydroxylation is 1. The van der Waals surface area contributed by atoms with Gasteiger partial charge in [-0.15, -0.1) is 17.8 Å². The van der Waals surface area contributed by atoms with E-state index in [4.69, 9.17) is 11.2 Å². The molecule has 0 atom stereocenters. The third kappa shape index (κ3) is 4.46. The van der Waals surface area contributed by atoms with Crippen molar-refractivity contribution in [3.8, 4) is 18.1 Å². The zero-order chi connectivity index (χ0) is 17.6. The van der Waals surface area contributed by atoms with Gasteiger partial charge in [-0.25, -0.2) is 4.98 Å². The van der Waals surface area contributed by atoms with Crippen LogP contribution in [0.3, 0.4) is 0 Å². The fraction of sp³-hybridized carbons (Fsp3) is 0.100. The number of aromatic nitrogens is 1. The van der Waals surface area contributed by atoms with Crippen LogP contribution in [0.2, 0.25) is 0 Å². The standard InChI is InChI=1S/C20H16N2O2S/c1-3-15-5-4-6-16(11-15)21-20(23)18-13-25-19(22-18)12-24-17-9-7-14(2)8-10-17/h1,4-11,13H,12H2,2H3,(H,21,23). The van der Waals surface area contributed by atoms with Crippen molar-refractivity contribution >= 4 is 22.9 Å². The summed E-state index contributed by atoms with van der Waals surface area (Å²) in [5.41, 5.74) is 2.89. The lowest BCUT2D eigenvalue weighted by molar-refractivity contribution is 0.102. The number of terminal acetylenes is 1. The summed E-state index contributed by atoms with van der Waals surface area (Å²) in [6.45, 7) is 2.35. The number of carbonyl (C=O) groups excluding carboxylic acids is 1. The smallest absolute Gasteiger partial charge is 0.275 e. The highest BCUT2D eigenvalue weighted by Gasteiger charge is 2.11. The summed E-state index contributed by atoms with van der Waals surface area (Å²) in [6.07, 6.45) is 5.37. The molecule has 0 fully saturated rings. The summed E-state index contributed by atoms with van der Waals surface area (Å²) < 4.78 is 5.68. The lowest BCUT2D eigenvalue weighted by Gasteiger charge is -2.04. The van der Waals surface area contributed by atoms with Crippen LogP contribution in [-0.2, 0) is 6.61 Å². The maximum Gasteiger partial charge on any atom is 0.275 e. The van der Waals surface area contributed by atoms with E-state index in [0.717, 1.165) is 10.8 Å². The summed E-state index contributed by atoms with van der Waals surface area (Å²) in [4.78, 5) is 16.6. The number of hydrogen-bond acceptors (Lipinski definition) is 4. The molecule has 25 heavy (non-hydrogen) atoms. The molecule has 1 N–H and O–H groups in total. The summed E-state index contributed by atoms with van der Waals surface area (Å²) in [5, 5.41) is 5.25. The van der Waals surface area contributed by atoms with Gasteiger partial charge in [-0.2, -0.15) is 0 Å². The minimum atomic E-state index is -0.271. The van der Waals surface area contributed by atoms with Gasteiger partial charge in [0.15, 0.2) is 0 Å². The van der Waals surface area contributed by atoms with Gasteiger partial charge >= 0.3 is 0 Å². The number of hydrogen-bond donors (Lipinski definition) is 1. The molecule has 1 heterocycles. The van der Waals surface area contributed by atoms with Crippen molar-refractivity contribution in [2.24, 2.45) is 0 Å². The fourth-order valence-electron chi connectivity index (χ4n) is 2.14. The Balaban J connectivity index is 1.61. The van der Waals surface area contributed by atoms with Gasteiger partial charge < -0.3 is 10.1 Å². The van der Waals surface area contributed by atoms with Crippen LogP contribution in [0.25, 0.3) is 0 Å². The Kier molecular flexibility index (Phi) is 5.12. The summed E-state index contributed by atoms with van der Waals surface area (Å²) >= 11 is 1.39. The fourth-order valence-corrected chi connectivity index (χ4v) is 2.83. The van der Waals surface area contributed by atoms with Gasteiger partial charge in [-0.3, -0.25) is 4.79 Å². The van der Waals surface area contributed by atoms with Crippen molar-refractivity contribution in [2.75, 3.05) is 5.32 Å². The second-order valence-corrected chi connectivity index (χ2v) is 6.35. The first-order chi connectivity index (χ1) is 12.1. The largest absolute Gasteiger partial charge is 0.486 e. The highest BCUT2D eigenvalue weighted by Crippen LogP contribution is 2.17. The van der Waals surface area contributed by atoms with Crippen LogP contribution in [0.1, 0.15) is 26.6 Å². The SMILES string of the molecule is C#Cc1cccc(NC(=O)c2csc(COc3ccc(C)cc3)n2)c1. The maximum atomic E-state index is 12.3. The molecular formula is C20H16N2O2S. The highest BCUT2D eigenvalue weighted by molar-refractivity contribution is 7.09. The Labute approximate surface area is 150 Å². The molecule has 1 aromatic heterocycles. The van der Waals surface area contributed by atoms with Crippen molar-refractivity contribution in [3.05, 3.63) is 75.7 Å². The average Bonchev–Trinajstić information content (AvgIpc) is 3.10. The summed E-state index contributed by atoms with van der Waals surface area (Å²) in [5.74, 6) is 3.04. The number of amides is 1. The minimum absolute atomic E-state index is 0.271. The van der Waals surface area contributed by atoms with Crippen LogP contribution in [-0.4, -0.2) is 10.9 Å². The lowest BCUT2D eigenvalue weighted by Crippen LogP contribution is -2.12. The first-order valence-electron chi connectivity index (χ1n) is 7.66. The first kappa shape index (κ1) is 16.7. The lowest BCUT2D eigenvalue weighted by atomic mass is 10.2. The Bertz CT molecular complexity index is 923. The molecule has 0 saturated carbocycles. The Morgan fingerprint density at radius 3 is 2.84 bits per heavy atom. The molecule has 3 rings (SSSR count). The second kappa shape index (κ2) is 7.65. The van der Waals surface area contributed by atoms with E-state index in [9.17, 15) is 4.79 Å². The van der Waals surface area contributed by atoms with Crippen LogP contribution < -0.4 is 10.1 Å². The van der Waals surface area contributed by atoms with Crippen LogP contribution >= 0.6 is 11.3 Å². The molecule has 4 nitrogen and oxygen atoms in total. The van der Waals surface area contributed by atoms with Crippen LogP contribution in [0.15, 0.2) is 53.9 Å². The molecule has 2 aromatic carbocycles. The van der Waals surface area contributed by atoms with Crippen molar-refractivity contribution in [1.82, 2.24) is 4.98 Å². The number of nitrogens with one attached hydrogen (secondary N) is 1. The molecule has 0 unspecified atom stereocenters. The molecule has 1 amide bonds. The molecule has 0 bridgehead atoms. The van der Waals surface area contributed by atoms with E-state index in [0.29, 0.717) is 23.6 Å². The maximum absolute atomic E-state index is 12.3. The minimum Gasteiger partial charge on any atom is -0.486 e. The molecule has 0 saturated heterocycles. The molecule has 0 aliphatic rings. The van der Waals surface area contributed by atoms with Crippen molar-refractivity contribution in [3.63, 3.8) is 0 Å². The van der Waals surface area contributed by atoms with Gasteiger partial charge in [0.2, 0.25) is 0 Å². The zero-order valence-corrected chi connectivity index (χ0v) is 14.5. The molecule has 0 radical (unpaired) electrons. The molecular weight excluding hydrogens is 332 g/mol. The topological polar surface area (TPSA) is 51.2 Å². The molecule has 3 aromatic rings. The van der Waals surface area contributed by atoms with E-state index in [1.807, 2.05) is 31.2 Å². The number of ether oxygens (including phenoxy) is 1. The molecule has 0 aliphatic heterocycles. The molecule has 0 spiro atoms. The molecule has 5 heteroatoms. The normalized spacial score (nSPS) is 10.1. The third-order valence-electron chi connectivity index (χ3n) is 3.45. The Morgan fingerprint density at radius 2 is 2.08 bits per heavy atom. The van der Waals surface area contributed by atoms with E-state index in [-0.39, 0.29) is 5.91 Å². The van der Waals surface area contributed by atoms with Crippen molar-refractivity contribution in [1.29, 1.82) is 0 Å². The quantitative estimate of drug-likeness (QED) is 0.701. The molecule has 124 valence electrons. The average molecular weight is 348 g/mol. The third-order valence-corrected chi connectivity index (χ3v) is 4.28. The molecule has 0 aliphatic carbocycles. The number of anilines is 1. The first-order valence-corrected chi connectivity index (χ1v) is 8.54. The number of nitrogens with zero attached hydrogens (tertiary/aromatic N) is 1. The van der Waals surface area contributed by atoms with Gasteiger partial charge in [0, 0.05) is 16.6 Å². The monoisotopic (exact) mass is 348 g/mol. The highest BCUT2D eigenvalue weighted by atomic mass is 32.1. The van der Waals surface area contributed by atoms with Gasteiger partial charge in [-0.05, 0) is 37.3 Å².